The van der Waals surface area contributed by atoms with Crippen LogP contribution >= 0.6 is 0 Å². The van der Waals surface area contributed by atoms with Crippen LogP contribution in [0.5, 0.6) is 0 Å². The number of amides is 1. The van der Waals surface area contributed by atoms with Gasteiger partial charge in [0.25, 0.3) is 5.91 Å². The Kier molecular flexibility index (Phi) is 8.00. The molecule has 1 heterocycles. The number of ether oxygens (including phenoxy) is 1. The van der Waals surface area contributed by atoms with E-state index >= 15 is 0 Å². The molecular weight excluding hydrogens is 492 g/mol. The van der Waals surface area contributed by atoms with Crippen LogP contribution in [-0.4, -0.2) is 45.8 Å². The monoisotopic (exact) mass is 520 g/mol. The number of aromatic nitrogens is 2. The first-order valence-corrected chi connectivity index (χ1v) is 12.9. The second kappa shape index (κ2) is 12.1. The molecule has 0 aliphatic heterocycles. The molecule has 1 unspecified atom stereocenters. The molecule has 0 saturated heterocycles. The number of carbonyl (C=O) groups is 2. The first kappa shape index (κ1) is 25.8. The van der Waals surface area contributed by atoms with E-state index in [1.807, 2.05) is 84.9 Å². The predicted molar refractivity (Wildman–Crippen MR) is 147 cm³/mol. The maximum absolute atomic E-state index is 13.6. The van der Waals surface area contributed by atoms with Gasteiger partial charge in [-0.3, -0.25) is 4.79 Å². The molecule has 0 saturated carbocycles. The fourth-order valence-corrected chi connectivity index (χ4v) is 4.88. The lowest BCUT2D eigenvalue weighted by Gasteiger charge is -2.34. The Hall–Kier alpha value is -4.88. The first-order valence-electron chi connectivity index (χ1n) is 12.9. The highest BCUT2D eigenvalue weighted by atomic mass is 16.6. The van der Waals surface area contributed by atoms with Gasteiger partial charge in [0.15, 0.2) is 0 Å². The number of benzene rings is 3. The quantitative estimate of drug-likeness (QED) is 0.160. The molecule has 0 radical (unpaired) electrons. The van der Waals surface area contributed by atoms with Gasteiger partial charge in [-0.15, -0.1) is 0 Å². The van der Waals surface area contributed by atoms with Crippen molar-refractivity contribution < 1.29 is 14.3 Å². The Morgan fingerprint density at radius 1 is 1.00 bits per heavy atom. The number of azide groups is 1. The average Bonchev–Trinajstić information content (AvgIpc) is 3.43. The van der Waals surface area contributed by atoms with E-state index in [4.69, 9.17) is 10.3 Å². The molecule has 9 heteroatoms. The predicted octanol–water partition coefficient (Wildman–Crippen LogP) is 6.05. The van der Waals surface area contributed by atoms with Crippen molar-refractivity contribution in [2.75, 3.05) is 13.1 Å². The van der Waals surface area contributed by atoms with Gasteiger partial charge in [-0.1, -0.05) is 77.9 Å². The van der Waals surface area contributed by atoms with Crippen LogP contribution in [0.3, 0.4) is 0 Å². The van der Waals surface area contributed by atoms with Crippen LogP contribution in [0.25, 0.3) is 21.6 Å². The Morgan fingerprint density at radius 3 is 2.41 bits per heavy atom. The smallest absolute Gasteiger partial charge is 0.435 e. The van der Waals surface area contributed by atoms with Gasteiger partial charge in [0, 0.05) is 35.8 Å². The van der Waals surface area contributed by atoms with Gasteiger partial charge in [0.2, 0.25) is 0 Å². The lowest BCUT2D eigenvalue weighted by molar-refractivity contribution is 0.0668. The molecule has 0 spiro atoms. The molecule has 3 aromatic carbocycles. The zero-order valence-corrected chi connectivity index (χ0v) is 21.4. The van der Waals surface area contributed by atoms with Crippen LogP contribution in [0, 0.1) is 0 Å². The third-order valence-electron chi connectivity index (χ3n) is 6.88. The van der Waals surface area contributed by atoms with Gasteiger partial charge in [-0.05, 0) is 59.2 Å². The van der Waals surface area contributed by atoms with Crippen molar-refractivity contribution in [3.8, 4) is 11.1 Å². The van der Waals surface area contributed by atoms with Crippen molar-refractivity contribution in [1.82, 2.24) is 14.7 Å². The van der Waals surface area contributed by atoms with E-state index in [1.54, 1.807) is 11.1 Å². The van der Waals surface area contributed by atoms with Gasteiger partial charge in [0.1, 0.15) is 6.61 Å². The minimum absolute atomic E-state index is 0.120. The van der Waals surface area contributed by atoms with E-state index in [0.29, 0.717) is 31.4 Å². The Labute approximate surface area is 226 Å². The molecule has 39 heavy (non-hydrogen) atoms. The second-order valence-electron chi connectivity index (χ2n) is 9.38. The van der Waals surface area contributed by atoms with Crippen LogP contribution in [0.2, 0.25) is 0 Å². The van der Waals surface area contributed by atoms with Crippen molar-refractivity contribution in [3.63, 3.8) is 0 Å². The largest absolute Gasteiger partial charge is 0.443 e. The summed E-state index contributed by atoms with van der Waals surface area (Å²) in [7, 11) is 0. The molecule has 0 bridgehead atoms. The summed E-state index contributed by atoms with van der Waals surface area (Å²) in [4.78, 5) is 30.9. The van der Waals surface area contributed by atoms with Crippen LogP contribution in [0.4, 0.5) is 4.79 Å². The summed E-state index contributed by atoms with van der Waals surface area (Å²) < 4.78 is 6.66. The van der Waals surface area contributed by atoms with Gasteiger partial charge in [-0.2, -0.15) is 9.78 Å². The van der Waals surface area contributed by atoms with Crippen LogP contribution < -0.4 is 0 Å². The Balaban J connectivity index is 1.29. The van der Waals surface area contributed by atoms with E-state index in [2.05, 4.69) is 15.1 Å². The lowest BCUT2D eigenvalue weighted by Crippen LogP contribution is -2.44. The molecule has 1 atom stereocenters. The second-order valence-corrected chi connectivity index (χ2v) is 9.38. The summed E-state index contributed by atoms with van der Waals surface area (Å²) in [6.45, 7) is 0.646. The maximum Gasteiger partial charge on any atom is 0.435 e. The van der Waals surface area contributed by atoms with E-state index in [1.165, 1.54) is 4.68 Å². The fourth-order valence-electron chi connectivity index (χ4n) is 4.88. The number of hydrogen-bond acceptors (Lipinski definition) is 5. The number of fused-ring (bicyclic) bond motifs is 1. The first-order chi connectivity index (χ1) is 19.1. The highest BCUT2D eigenvalue weighted by molar-refractivity contribution is 5.95. The third-order valence-corrected chi connectivity index (χ3v) is 6.88. The molecule has 4 aromatic rings. The minimum atomic E-state index is -0.542. The number of rotatable bonds is 8. The number of carbonyl (C=O) groups excluding carboxylic acids is 2. The highest BCUT2D eigenvalue weighted by Gasteiger charge is 2.30. The minimum Gasteiger partial charge on any atom is -0.443 e. The maximum atomic E-state index is 13.6. The topological polar surface area (TPSA) is 113 Å². The van der Waals surface area contributed by atoms with Crippen molar-refractivity contribution in [2.24, 2.45) is 5.11 Å². The molecule has 1 aliphatic carbocycles. The number of hydrogen-bond donors (Lipinski definition) is 0. The summed E-state index contributed by atoms with van der Waals surface area (Å²) in [5.41, 5.74) is 14.1. The normalized spacial score (nSPS) is 14.1. The Morgan fingerprint density at radius 2 is 1.69 bits per heavy atom. The van der Waals surface area contributed by atoms with Crippen molar-refractivity contribution in [2.45, 2.75) is 31.9 Å². The van der Waals surface area contributed by atoms with Crippen molar-refractivity contribution >= 4 is 12.0 Å². The van der Waals surface area contributed by atoms with E-state index in [0.717, 1.165) is 27.9 Å². The van der Waals surface area contributed by atoms with E-state index in [-0.39, 0.29) is 25.1 Å². The molecule has 1 amide bonds. The lowest BCUT2D eigenvalue weighted by atomic mass is 9.92. The average molecular weight is 521 g/mol. The third kappa shape index (κ3) is 6.17. The van der Waals surface area contributed by atoms with Gasteiger partial charge >= 0.3 is 6.09 Å². The number of nitrogens with zero attached hydrogens (tertiary/aromatic N) is 6. The van der Waals surface area contributed by atoms with Crippen LogP contribution in [0.15, 0.2) is 96.2 Å². The van der Waals surface area contributed by atoms with Crippen molar-refractivity contribution in [1.29, 1.82) is 0 Å². The summed E-state index contributed by atoms with van der Waals surface area (Å²) in [5, 5.41) is 8.11. The molecule has 196 valence electrons. The fraction of sp³-hybridized carbons (Fsp3) is 0.233. The van der Waals surface area contributed by atoms with Gasteiger partial charge < -0.3 is 9.64 Å². The van der Waals surface area contributed by atoms with Crippen LogP contribution in [-0.2, 0) is 24.2 Å². The van der Waals surface area contributed by atoms with E-state index < -0.39 is 6.09 Å². The summed E-state index contributed by atoms with van der Waals surface area (Å²) in [6, 6.07) is 26.9. The molecular formula is C30H28N6O3. The van der Waals surface area contributed by atoms with Crippen LogP contribution in [0.1, 0.15) is 33.6 Å². The zero-order valence-electron chi connectivity index (χ0n) is 21.4. The SMILES string of the molecule is [N-]=[N+]=NCCN(C(=O)c1ccc(-c2ccccc2)cc1)C1CCc2nn(C(=O)OCc3ccccc3)cc2C1. The zero-order chi connectivity index (χ0) is 27.0. The molecule has 0 N–H and O–H groups in total. The molecule has 1 aromatic heterocycles. The van der Waals surface area contributed by atoms with Crippen molar-refractivity contribution in [3.05, 3.63) is 124 Å². The molecule has 1 aliphatic rings. The van der Waals surface area contributed by atoms with E-state index in [9.17, 15) is 9.59 Å². The van der Waals surface area contributed by atoms with Gasteiger partial charge in [-0.25, -0.2) is 4.79 Å². The Bertz CT molecular complexity index is 1480. The highest BCUT2D eigenvalue weighted by Crippen LogP contribution is 2.26. The van der Waals surface area contributed by atoms with Gasteiger partial charge in [0.05, 0.1) is 5.69 Å². The number of aryl methyl sites for hydroxylation is 1. The molecule has 0 fully saturated rings. The molecule has 9 nitrogen and oxygen atoms in total. The standard InChI is InChI=1S/C30H28N6O3/c31-34-32-17-18-35(29(37)25-13-11-24(12-14-25)23-9-5-2-6-10-23)27-15-16-28-26(19-27)20-36(33-28)30(38)39-21-22-7-3-1-4-8-22/h1-14,20,27H,15-19,21H2. The summed E-state index contributed by atoms with van der Waals surface area (Å²) in [5.74, 6) is -0.120. The molecule has 5 rings (SSSR count). The summed E-state index contributed by atoms with van der Waals surface area (Å²) in [6.07, 6.45) is 3.01. The summed E-state index contributed by atoms with van der Waals surface area (Å²) >= 11 is 0.